The van der Waals surface area contributed by atoms with Crippen LogP contribution in [-0.4, -0.2) is 70.7 Å². The predicted molar refractivity (Wildman–Crippen MR) is 126 cm³/mol. The molecular formula is C26H42FN3O3. The molecule has 6 nitrogen and oxygen atoms in total. The molecule has 33 heavy (non-hydrogen) atoms. The molecule has 186 valence electrons. The van der Waals surface area contributed by atoms with E-state index in [1.165, 1.54) is 0 Å². The number of allylic oxidation sites excluding steroid dienone is 1. The van der Waals surface area contributed by atoms with E-state index in [0.717, 1.165) is 44.2 Å². The first kappa shape index (κ1) is 24.5. The minimum absolute atomic E-state index is 0.0196. The van der Waals surface area contributed by atoms with Gasteiger partial charge < -0.3 is 20.2 Å². The van der Waals surface area contributed by atoms with Crippen LogP contribution in [-0.2, 0) is 9.59 Å². The Balaban J connectivity index is 1.24. The summed E-state index contributed by atoms with van der Waals surface area (Å²) in [6, 6.07) is 0.346. The minimum Gasteiger partial charge on any atom is -0.386 e. The average molecular weight is 464 g/mol. The SMILES string of the molecule is C=C(NC(C)C)C1CCC(F)C(C2CCC(C(=O)N3CCN(C(=O)C4(O)CC4)CC3)CC2)C1. The van der Waals surface area contributed by atoms with E-state index in [2.05, 4.69) is 25.7 Å². The van der Waals surface area contributed by atoms with E-state index in [-0.39, 0.29) is 23.7 Å². The summed E-state index contributed by atoms with van der Waals surface area (Å²) >= 11 is 0. The second-order valence-electron chi connectivity index (χ2n) is 11.3. The molecule has 3 aliphatic carbocycles. The van der Waals surface area contributed by atoms with Crippen LogP contribution in [0.5, 0.6) is 0 Å². The van der Waals surface area contributed by atoms with Gasteiger partial charge in [0, 0.05) is 43.8 Å². The number of aliphatic hydroxyl groups is 1. The monoisotopic (exact) mass is 463 g/mol. The van der Waals surface area contributed by atoms with Crippen LogP contribution in [0.3, 0.4) is 0 Å². The molecule has 0 aromatic rings. The molecule has 4 fully saturated rings. The molecule has 7 heteroatoms. The molecule has 1 saturated heterocycles. The van der Waals surface area contributed by atoms with Gasteiger partial charge in [0.2, 0.25) is 5.91 Å². The lowest BCUT2D eigenvalue weighted by Gasteiger charge is -2.42. The third-order valence-corrected chi connectivity index (χ3v) is 8.51. The van der Waals surface area contributed by atoms with E-state index in [1.807, 2.05) is 4.90 Å². The van der Waals surface area contributed by atoms with E-state index >= 15 is 0 Å². The second kappa shape index (κ2) is 9.93. The highest BCUT2D eigenvalue weighted by Gasteiger charge is 2.50. The number of hydrogen-bond donors (Lipinski definition) is 2. The Morgan fingerprint density at radius 1 is 0.970 bits per heavy atom. The summed E-state index contributed by atoms with van der Waals surface area (Å²) in [5, 5.41) is 13.5. The zero-order valence-electron chi connectivity index (χ0n) is 20.4. The van der Waals surface area contributed by atoms with Crippen molar-refractivity contribution in [2.24, 2.45) is 23.7 Å². The molecule has 2 amide bonds. The van der Waals surface area contributed by atoms with Crippen LogP contribution in [0.1, 0.15) is 71.6 Å². The van der Waals surface area contributed by atoms with Gasteiger partial charge in [-0.2, -0.15) is 0 Å². The van der Waals surface area contributed by atoms with Crippen LogP contribution in [0.25, 0.3) is 0 Å². The van der Waals surface area contributed by atoms with Crippen molar-refractivity contribution in [1.29, 1.82) is 0 Å². The Labute approximate surface area is 198 Å². The van der Waals surface area contributed by atoms with Crippen molar-refractivity contribution >= 4 is 11.8 Å². The number of alkyl halides is 1. The first-order valence-corrected chi connectivity index (χ1v) is 13.1. The summed E-state index contributed by atoms with van der Waals surface area (Å²) in [6.45, 7) is 10.5. The lowest BCUT2D eigenvalue weighted by molar-refractivity contribution is -0.148. The Morgan fingerprint density at radius 3 is 2.12 bits per heavy atom. The number of piperazine rings is 1. The standard InChI is InChI=1S/C26H42FN3O3/c1-17(2)28-18(3)21-8-9-23(27)22(16-21)19-4-6-20(7-5-19)24(31)29-12-14-30(15-13-29)25(32)26(33)10-11-26/h17,19-23,28,33H,3-16H2,1-2H3. The molecule has 2 N–H and O–H groups in total. The van der Waals surface area contributed by atoms with Gasteiger partial charge in [0.05, 0.1) is 0 Å². The van der Waals surface area contributed by atoms with Crippen LogP contribution in [0.4, 0.5) is 4.39 Å². The van der Waals surface area contributed by atoms with E-state index in [0.29, 0.717) is 63.3 Å². The number of carbonyl (C=O) groups excluding carboxylic acids is 2. The van der Waals surface area contributed by atoms with Crippen molar-refractivity contribution in [3.05, 3.63) is 12.3 Å². The van der Waals surface area contributed by atoms with E-state index in [9.17, 15) is 19.1 Å². The molecule has 0 spiro atoms. The fourth-order valence-electron chi connectivity index (χ4n) is 6.27. The maximum Gasteiger partial charge on any atom is 0.254 e. The number of hydrogen-bond acceptors (Lipinski definition) is 4. The van der Waals surface area contributed by atoms with Gasteiger partial charge in [-0.1, -0.05) is 6.58 Å². The van der Waals surface area contributed by atoms with Gasteiger partial charge in [-0.15, -0.1) is 0 Å². The highest BCUT2D eigenvalue weighted by atomic mass is 19.1. The number of halogens is 1. The van der Waals surface area contributed by atoms with Gasteiger partial charge in [-0.25, -0.2) is 4.39 Å². The van der Waals surface area contributed by atoms with Crippen molar-refractivity contribution in [2.75, 3.05) is 26.2 Å². The van der Waals surface area contributed by atoms with Gasteiger partial charge in [0.1, 0.15) is 11.8 Å². The topological polar surface area (TPSA) is 72.9 Å². The summed E-state index contributed by atoms with van der Waals surface area (Å²) in [5.41, 5.74) is -0.0778. The predicted octanol–water partition coefficient (Wildman–Crippen LogP) is 3.25. The van der Waals surface area contributed by atoms with Crippen LogP contribution in [0.15, 0.2) is 12.3 Å². The van der Waals surface area contributed by atoms with Crippen molar-refractivity contribution in [3.8, 4) is 0 Å². The molecule has 1 heterocycles. The molecule has 3 saturated carbocycles. The molecule has 4 aliphatic rings. The van der Waals surface area contributed by atoms with Crippen molar-refractivity contribution in [3.63, 3.8) is 0 Å². The van der Waals surface area contributed by atoms with Crippen LogP contribution >= 0.6 is 0 Å². The number of amides is 2. The molecule has 1 aliphatic heterocycles. The first-order chi connectivity index (χ1) is 15.7. The summed E-state index contributed by atoms with van der Waals surface area (Å²) < 4.78 is 14.9. The molecule has 0 radical (unpaired) electrons. The number of nitrogens with zero attached hydrogens (tertiary/aromatic N) is 2. The van der Waals surface area contributed by atoms with Gasteiger partial charge in [-0.05, 0) is 89.4 Å². The highest BCUT2D eigenvalue weighted by Crippen LogP contribution is 2.44. The molecular weight excluding hydrogens is 421 g/mol. The summed E-state index contributed by atoms with van der Waals surface area (Å²) in [6.07, 6.45) is 6.23. The first-order valence-electron chi connectivity index (χ1n) is 13.1. The maximum atomic E-state index is 14.9. The Bertz CT molecular complexity index is 737. The van der Waals surface area contributed by atoms with Gasteiger partial charge >= 0.3 is 0 Å². The summed E-state index contributed by atoms with van der Waals surface area (Å²) in [5.74, 6) is 0.815. The van der Waals surface area contributed by atoms with E-state index < -0.39 is 11.8 Å². The lowest BCUT2D eigenvalue weighted by Crippen LogP contribution is -2.54. The van der Waals surface area contributed by atoms with E-state index in [4.69, 9.17) is 0 Å². The van der Waals surface area contributed by atoms with Crippen LogP contribution in [0.2, 0.25) is 0 Å². The molecule has 0 bridgehead atoms. The highest BCUT2D eigenvalue weighted by molar-refractivity contribution is 5.88. The third kappa shape index (κ3) is 5.55. The molecule has 0 aromatic carbocycles. The lowest BCUT2D eigenvalue weighted by atomic mass is 9.67. The Hall–Kier alpha value is -1.63. The van der Waals surface area contributed by atoms with Crippen molar-refractivity contribution in [1.82, 2.24) is 15.1 Å². The van der Waals surface area contributed by atoms with Crippen LogP contribution < -0.4 is 5.32 Å². The number of rotatable bonds is 6. The average Bonchev–Trinajstić information content (AvgIpc) is 3.56. The smallest absolute Gasteiger partial charge is 0.254 e. The summed E-state index contributed by atoms with van der Waals surface area (Å²) in [7, 11) is 0. The normalized spacial score (nSPS) is 34.2. The van der Waals surface area contributed by atoms with Crippen LogP contribution in [0, 0.1) is 23.7 Å². The zero-order chi connectivity index (χ0) is 23.8. The molecule has 0 aromatic heterocycles. The Morgan fingerprint density at radius 2 is 1.55 bits per heavy atom. The molecule has 3 unspecified atom stereocenters. The zero-order valence-corrected chi connectivity index (χ0v) is 20.4. The third-order valence-electron chi connectivity index (χ3n) is 8.51. The molecule has 3 atom stereocenters. The minimum atomic E-state index is -1.13. The second-order valence-corrected chi connectivity index (χ2v) is 11.3. The largest absolute Gasteiger partial charge is 0.386 e. The number of carbonyl (C=O) groups is 2. The van der Waals surface area contributed by atoms with Gasteiger partial charge in [-0.3, -0.25) is 9.59 Å². The van der Waals surface area contributed by atoms with E-state index in [1.54, 1.807) is 4.90 Å². The van der Waals surface area contributed by atoms with Crippen molar-refractivity contribution < 1.29 is 19.1 Å². The quantitative estimate of drug-likeness (QED) is 0.634. The number of nitrogens with one attached hydrogen (secondary N) is 1. The van der Waals surface area contributed by atoms with Gasteiger partial charge in [0.15, 0.2) is 0 Å². The fourth-order valence-corrected chi connectivity index (χ4v) is 6.27. The fraction of sp³-hybridized carbons (Fsp3) is 0.846. The van der Waals surface area contributed by atoms with Crippen molar-refractivity contribution in [2.45, 2.75) is 89.4 Å². The van der Waals surface area contributed by atoms with Gasteiger partial charge in [0.25, 0.3) is 5.91 Å². The molecule has 4 rings (SSSR count). The summed E-state index contributed by atoms with van der Waals surface area (Å²) in [4.78, 5) is 29.0. The Kier molecular flexibility index (Phi) is 7.37. The maximum absolute atomic E-state index is 14.9.